The van der Waals surface area contributed by atoms with Crippen LogP contribution in [-0.4, -0.2) is 26.4 Å². The van der Waals surface area contributed by atoms with Gasteiger partial charge in [0.1, 0.15) is 14.1 Å². The topological polar surface area (TPSA) is 129 Å². The first-order chi connectivity index (χ1) is 68.9. The molecule has 0 spiro atoms. The average Bonchev–Trinajstić information content (AvgIpc) is 1.52. The van der Waals surface area contributed by atoms with E-state index in [0.717, 1.165) is 290 Å². The molecule has 24 aromatic rings. The van der Waals surface area contributed by atoms with Crippen LogP contribution in [0.25, 0.3) is 187 Å². The summed E-state index contributed by atoms with van der Waals surface area (Å²) in [5.74, 6) is 0. The predicted molar refractivity (Wildman–Crippen MR) is 642 cm³/mol. The van der Waals surface area contributed by atoms with Crippen LogP contribution in [0.5, 0.6) is 0 Å². The van der Waals surface area contributed by atoms with Gasteiger partial charge in [-0.05, 0) is 242 Å². The quantitative estimate of drug-likeness (QED) is 0.0277. The molecule has 0 N–H and O–H groups in total. The van der Waals surface area contributed by atoms with Crippen molar-refractivity contribution in [3.63, 3.8) is 0 Å². The molecule has 0 saturated carbocycles. The van der Waals surface area contributed by atoms with Crippen molar-refractivity contribution in [2.24, 2.45) is 0 Å². The fourth-order valence-corrected chi connectivity index (χ4v) is 37.6. The molecule has 21 aromatic heterocycles. The summed E-state index contributed by atoms with van der Waals surface area (Å²) in [5.41, 5.74) is 19.4. The van der Waals surface area contributed by atoms with Gasteiger partial charge in [-0.25, -0.2) is 0 Å². The standard InChI is InChI=1S/3C38H38Br2N2O2S3/c1-3-5-7-9-11-13-15-21-22(16-14-12-10-8-6-4-2)30-32-31-29(21)37(43)41-25(17-27-33(41)23(39)19-45-27)35(31)47-36(32)26-18-28-34(24(40)20-46-28)42(26)38(30)44;1-3-5-7-9-11-13-15-21-22(16-14-12-10-8-6-4-2)30-32-31-29(21)25-17-27-33(23(39)19-45-27)41(25)38(44)36(31)47-35(32)26-18-28-34(24(40)20-46-28)42(26)37(30)43;1-3-5-7-9-11-13-15-21-22(16-14-12-10-8-6-4-2)30-26-18-28-34(24(40)20-46-28)42(26)38(44)36-32(30)31-29(21)25-17-27-33(23(39)19-45-27)41(25)37(43)35(31)47-36/h3*17-20H,3-16H2,1-2H3. The minimum Gasteiger partial charge on any atom is -0.273 e. The third kappa shape index (κ3) is 16.8. The van der Waals surface area contributed by atoms with Crippen LogP contribution < -0.4 is 33.4 Å². The highest BCUT2D eigenvalue weighted by Crippen LogP contribution is 2.55. The zero-order chi connectivity index (χ0) is 97.2. The van der Waals surface area contributed by atoms with E-state index in [9.17, 15) is 28.8 Å². The molecule has 0 radical (unpaired) electrons. The second-order valence-electron chi connectivity index (χ2n) is 39.6. The smallest absolute Gasteiger partial charge is 0.273 e. The second-order valence-corrected chi connectivity index (χ2v) is 53.2. The van der Waals surface area contributed by atoms with Crippen LogP contribution in [0.2, 0.25) is 0 Å². The van der Waals surface area contributed by atoms with Gasteiger partial charge >= 0.3 is 0 Å². The first-order valence-electron chi connectivity index (χ1n) is 51.8. The summed E-state index contributed by atoms with van der Waals surface area (Å²) in [5, 5.41) is 24.8. The van der Waals surface area contributed by atoms with Gasteiger partial charge in [-0.2, -0.15) is 0 Å². The first-order valence-corrected chi connectivity index (χ1v) is 64.3. The molecular weight excluding hydrogens is 2320 g/mol. The minimum absolute atomic E-state index is 0.00997. The lowest BCUT2D eigenvalue weighted by Crippen LogP contribution is -2.19. The molecule has 24 rings (SSSR count). The van der Waals surface area contributed by atoms with E-state index in [1.807, 2.05) is 26.4 Å². The van der Waals surface area contributed by atoms with Gasteiger partial charge in [-0.1, -0.05) is 234 Å². The van der Waals surface area contributed by atoms with E-state index in [1.165, 1.54) is 230 Å². The van der Waals surface area contributed by atoms with Crippen molar-refractivity contribution < 1.29 is 0 Å². The number of aromatic nitrogens is 6. The number of hydrogen-bond donors (Lipinski definition) is 0. The molecule has 21 heterocycles. The summed E-state index contributed by atoms with van der Waals surface area (Å²) in [6.45, 7) is 13.6. The van der Waals surface area contributed by atoms with Crippen molar-refractivity contribution in [2.45, 2.75) is 311 Å². The molecule has 0 amide bonds. The van der Waals surface area contributed by atoms with Gasteiger partial charge in [0.15, 0.2) is 0 Å². The Balaban J connectivity index is 0.000000121. The van der Waals surface area contributed by atoms with E-state index in [2.05, 4.69) is 206 Å². The van der Waals surface area contributed by atoms with Gasteiger partial charge in [0.25, 0.3) is 33.4 Å². The number of hydrogen-bond acceptors (Lipinski definition) is 15. The summed E-state index contributed by atoms with van der Waals surface area (Å²) >= 11 is 37.4. The van der Waals surface area contributed by atoms with E-state index >= 15 is 0 Å². The van der Waals surface area contributed by atoms with Crippen LogP contribution in [0.1, 0.15) is 306 Å². The molecular formula is C114H114Br6N6O6S9. The molecule has 0 saturated heterocycles. The molecule has 732 valence electrons. The number of nitrogens with zero attached hydrogens (tertiary/aromatic N) is 6. The van der Waals surface area contributed by atoms with Gasteiger partial charge in [0, 0.05) is 80.8 Å². The molecule has 0 fully saturated rings. The Morgan fingerprint density at radius 3 is 0.567 bits per heavy atom. The van der Waals surface area contributed by atoms with Crippen LogP contribution in [0, 0.1) is 0 Å². The van der Waals surface area contributed by atoms with Crippen molar-refractivity contribution in [3.8, 4) is 0 Å². The maximum absolute atomic E-state index is 15.0. The van der Waals surface area contributed by atoms with Crippen molar-refractivity contribution in [1.29, 1.82) is 0 Å². The Labute approximate surface area is 903 Å². The summed E-state index contributed by atoms with van der Waals surface area (Å²) in [7, 11) is 0. The van der Waals surface area contributed by atoms with Crippen molar-refractivity contribution in [2.75, 3.05) is 0 Å². The Kier molecular flexibility index (Phi) is 29.7. The van der Waals surface area contributed by atoms with Gasteiger partial charge < -0.3 is 0 Å². The number of aryl methyl sites for hydroxylation is 6. The zero-order valence-corrected chi connectivity index (χ0v) is 97.6. The average molecular weight is 2430 g/mol. The van der Waals surface area contributed by atoms with E-state index in [4.69, 9.17) is 0 Å². The fourth-order valence-electron chi connectivity index (χ4n) is 24.0. The Morgan fingerprint density at radius 2 is 0.355 bits per heavy atom. The molecule has 0 bridgehead atoms. The number of rotatable bonds is 42. The molecule has 0 aliphatic rings. The normalized spacial score (nSPS) is 12.8. The molecule has 27 heteroatoms. The van der Waals surface area contributed by atoms with E-state index < -0.39 is 0 Å². The second kappa shape index (κ2) is 42.1. The molecule has 12 nitrogen and oxygen atoms in total. The van der Waals surface area contributed by atoms with Crippen LogP contribution >= 0.6 is 198 Å². The fraction of sp³-hybridized carbons (Fsp3) is 0.421. The van der Waals surface area contributed by atoms with Crippen molar-refractivity contribution >= 4 is 385 Å². The number of halogens is 6. The zero-order valence-electron chi connectivity index (χ0n) is 80.7. The highest BCUT2D eigenvalue weighted by atomic mass is 79.9. The highest BCUT2D eigenvalue weighted by molar-refractivity contribution is 9.11. The Bertz CT molecular complexity index is 8820. The van der Waals surface area contributed by atoms with E-state index in [0.29, 0.717) is 9.40 Å². The molecule has 0 unspecified atom stereocenters. The highest BCUT2D eigenvalue weighted by Gasteiger charge is 2.36. The molecule has 0 aliphatic heterocycles. The van der Waals surface area contributed by atoms with Gasteiger partial charge in [0.2, 0.25) is 0 Å². The molecule has 141 heavy (non-hydrogen) atoms. The van der Waals surface area contributed by atoms with Gasteiger partial charge in [-0.15, -0.1) is 102 Å². The lowest BCUT2D eigenvalue weighted by molar-refractivity contribution is 0.600. The van der Waals surface area contributed by atoms with Gasteiger partial charge in [0.05, 0.1) is 151 Å². The summed E-state index contributed by atoms with van der Waals surface area (Å²) in [6.07, 6.45) is 49.2. The third-order valence-corrected chi connectivity index (χ3v) is 45.2. The van der Waals surface area contributed by atoms with E-state index in [1.54, 1.807) is 90.7 Å². The summed E-state index contributed by atoms with van der Waals surface area (Å²) in [6, 6.07) is 13.2. The number of unbranched alkanes of at least 4 members (excludes halogenated alkanes) is 30. The van der Waals surface area contributed by atoms with Crippen molar-refractivity contribution in [3.05, 3.63) is 191 Å². The number of thiophene rings is 9. The molecule has 3 aromatic carbocycles. The SMILES string of the molecule is CCCCCCCCc1c(CCCCCCCC)c2c(=O)n3c(cc4scc(Br)c43)c3sc4c(c1c(=O)n1c4cc4scc(Br)c41)c23.CCCCCCCCc1c(CCCCCCCC)c2c3c(sc4c(=O)n5c(cc6scc(Br)c65)c1c43)c(=O)n1c2cc2scc(Br)c21.CCCCCCCCc1c(CCCCCCCC)c2c3c(sc4c3c1c(=O)n1c4cc3scc(Br)c31)c(=O)n1c2cc2scc(Br)c21. The third-order valence-electron chi connectivity index (χ3n) is 30.6. The number of fused-ring (bicyclic) bond motifs is 24. The number of pyridine rings is 6. The predicted octanol–water partition coefficient (Wildman–Crippen LogP) is 39.2. The van der Waals surface area contributed by atoms with Crippen molar-refractivity contribution in [1.82, 2.24) is 26.4 Å². The van der Waals surface area contributed by atoms with E-state index in [-0.39, 0.29) is 33.4 Å². The summed E-state index contributed by atoms with van der Waals surface area (Å²) < 4.78 is 29.7. The van der Waals surface area contributed by atoms with Crippen LogP contribution in [-0.2, 0) is 38.5 Å². The molecule has 0 atom stereocenters. The van der Waals surface area contributed by atoms with Crippen LogP contribution in [0.15, 0.2) is 124 Å². The largest absolute Gasteiger partial charge is 0.273 e. The number of benzene rings is 3. The minimum atomic E-state index is -0.00997. The summed E-state index contributed by atoms with van der Waals surface area (Å²) in [4.78, 5) is 88.5. The van der Waals surface area contributed by atoms with Crippen LogP contribution in [0.3, 0.4) is 0 Å². The Morgan fingerprint density at radius 1 is 0.191 bits per heavy atom. The lowest BCUT2D eigenvalue weighted by Gasteiger charge is -2.19. The lowest BCUT2D eigenvalue weighted by atomic mass is 9.86. The van der Waals surface area contributed by atoms with Crippen LogP contribution in [0.4, 0.5) is 0 Å². The monoisotopic (exact) mass is 2420 g/mol. The maximum Gasteiger partial charge on any atom is 0.273 e. The first kappa shape index (κ1) is 99.5. The van der Waals surface area contributed by atoms with Gasteiger partial charge in [-0.3, -0.25) is 55.2 Å². The Hall–Kier alpha value is -6.12. The maximum atomic E-state index is 15.0. The molecule has 0 aliphatic carbocycles.